The Kier molecular flexibility index (Phi) is 7.14. The average Bonchev–Trinajstić information content (AvgIpc) is 3.07. The lowest BCUT2D eigenvalue weighted by atomic mass is 9.87. The second kappa shape index (κ2) is 8.35. The molecule has 1 aliphatic carbocycles. The normalized spacial score (nSPS) is 24.4. The van der Waals surface area contributed by atoms with Gasteiger partial charge in [-0.2, -0.15) is 0 Å². The van der Waals surface area contributed by atoms with E-state index < -0.39 is 0 Å². The highest BCUT2D eigenvalue weighted by molar-refractivity contribution is 5.32. The Labute approximate surface area is 126 Å². The summed E-state index contributed by atoms with van der Waals surface area (Å²) in [5.41, 5.74) is 3.04. The summed E-state index contributed by atoms with van der Waals surface area (Å²) in [6.45, 7) is 13.6. The molecule has 0 N–H and O–H groups in total. The van der Waals surface area contributed by atoms with Gasteiger partial charge in [-0.25, -0.2) is 0 Å². The Bertz CT molecular complexity index is 411. The van der Waals surface area contributed by atoms with Gasteiger partial charge in [-0.05, 0) is 67.9 Å². The first kappa shape index (κ1) is 17.1. The van der Waals surface area contributed by atoms with E-state index >= 15 is 0 Å². The van der Waals surface area contributed by atoms with Crippen molar-refractivity contribution in [2.24, 2.45) is 23.7 Å². The third kappa shape index (κ3) is 6.00. The van der Waals surface area contributed by atoms with Gasteiger partial charge in [0.1, 0.15) is 0 Å². The zero-order valence-corrected chi connectivity index (χ0v) is 14.3. The molecule has 112 valence electrons. The van der Waals surface area contributed by atoms with Crippen LogP contribution < -0.4 is 0 Å². The van der Waals surface area contributed by atoms with E-state index in [2.05, 4.69) is 58.6 Å². The quantitative estimate of drug-likeness (QED) is 0.394. The van der Waals surface area contributed by atoms with Crippen molar-refractivity contribution in [2.45, 2.75) is 67.2 Å². The second-order valence-corrected chi connectivity index (χ2v) is 6.89. The van der Waals surface area contributed by atoms with E-state index in [4.69, 9.17) is 0 Å². The van der Waals surface area contributed by atoms with Crippen LogP contribution in [0.5, 0.6) is 0 Å². The minimum atomic E-state index is 0.701. The van der Waals surface area contributed by atoms with E-state index in [0.29, 0.717) is 5.92 Å². The smallest absolute Gasteiger partial charge is 0.00235 e. The third-order valence-corrected chi connectivity index (χ3v) is 4.41. The second-order valence-electron chi connectivity index (χ2n) is 6.89. The summed E-state index contributed by atoms with van der Waals surface area (Å²) in [5, 5.41) is 0. The van der Waals surface area contributed by atoms with Gasteiger partial charge in [0.05, 0.1) is 0 Å². The van der Waals surface area contributed by atoms with Crippen LogP contribution in [0.15, 0.2) is 23.3 Å². The van der Waals surface area contributed by atoms with Crippen LogP contribution in [0.4, 0.5) is 0 Å². The fourth-order valence-electron chi connectivity index (χ4n) is 2.90. The minimum Gasteiger partial charge on any atom is -0.102 e. The van der Waals surface area contributed by atoms with Gasteiger partial charge in [0.2, 0.25) is 0 Å². The molecule has 1 rings (SSSR count). The summed E-state index contributed by atoms with van der Waals surface area (Å²) < 4.78 is 0. The average molecular weight is 272 g/mol. The van der Waals surface area contributed by atoms with E-state index in [-0.39, 0.29) is 0 Å². The van der Waals surface area contributed by atoms with Crippen LogP contribution in [0.1, 0.15) is 67.2 Å². The Morgan fingerprint density at radius 1 is 1.30 bits per heavy atom. The van der Waals surface area contributed by atoms with E-state index in [1.54, 1.807) is 5.57 Å². The lowest BCUT2D eigenvalue weighted by Gasteiger charge is -2.19. The summed E-state index contributed by atoms with van der Waals surface area (Å²) in [6.07, 6.45) is 9.63. The van der Waals surface area contributed by atoms with Crippen molar-refractivity contribution >= 4 is 0 Å². The highest BCUT2D eigenvalue weighted by Gasteiger charge is 2.33. The molecule has 20 heavy (non-hydrogen) atoms. The van der Waals surface area contributed by atoms with Crippen molar-refractivity contribution in [1.29, 1.82) is 0 Å². The predicted molar refractivity (Wildman–Crippen MR) is 90.4 cm³/mol. The molecule has 0 spiro atoms. The lowest BCUT2D eigenvalue weighted by molar-refractivity contribution is 0.468. The largest absolute Gasteiger partial charge is 0.102 e. The molecule has 0 bridgehead atoms. The topological polar surface area (TPSA) is 0 Å². The zero-order valence-electron chi connectivity index (χ0n) is 14.3. The zero-order chi connectivity index (χ0) is 15.1. The van der Waals surface area contributed by atoms with Crippen LogP contribution in [-0.2, 0) is 0 Å². The summed E-state index contributed by atoms with van der Waals surface area (Å²) in [5.74, 6) is 9.43. The van der Waals surface area contributed by atoms with Crippen LogP contribution in [-0.4, -0.2) is 0 Å². The molecule has 0 amide bonds. The molecular formula is C20H32. The molecule has 0 heteroatoms. The number of rotatable bonds is 7. The standard InChI is InChI=1S/C20H32/c1-7-9-10-18(8-2)13-20(14-19-12-17(19)6)16(5)11-15(3)4/h10,13,15-17,19H,8,11-12,14H2,1-6H3. The van der Waals surface area contributed by atoms with E-state index in [1.165, 1.54) is 24.8 Å². The molecule has 0 radical (unpaired) electrons. The Hall–Kier alpha value is -0.960. The van der Waals surface area contributed by atoms with Crippen molar-refractivity contribution in [3.63, 3.8) is 0 Å². The van der Waals surface area contributed by atoms with Gasteiger partial charge in [-0.3, -0.25) is 0 Å². The van der Waals surface area contributed by atoms with Gasteiger partial charge in [0.15, 0.2) is 0 Å². The first-order valence-electron chi connectivity index (χ1n) is 8.29. The molecular weight excluding hydrogens is 240 g/mol. The van der Waals surface area contributed by atoms with E-state index in [9.17, 15) is 0 Å². The monoisotopic (exact) mass is 272 g/mol. The number of allylic oxidation sites excluding steroid dienone is 4. The van der Waals surface area contributed by atoms with E-state index in [0.717, 1.165) is 24.2 Å². The number of hydrogen-bond acceptors (Lipinski definition) is 0. The SMILES string of the molecule is CC#CC=C(C=C(CC1CC1C)C(C)CC(C)C)CC. The summed E-state index contributed by atoms with van der Waals surface area (Å²) in [6, 6.07) is 0. The summed E-state index contributed by atoms with van der Waals surface area (Å²) in [7, 11) is 0. The molecule has 0 aromatic rings. The summed E-state index contributed by atoms with van der Waals surface area (Å²) in [4.78, 5) is 0. The van der Waals surface area contributed by atoms with Crippen LogP contribution in [0.3, 0.4) is 0 Å². The van der Waals surface area contributed by atoms with Gasteiger partial charge >= 0.3 is 0 Å². The summed E-state index contributed by atoms with van der Waals surface area (Å²) >= 11 is 0. The lowest BCUT2D eigenvalue weighted by Crippen LogP contribution is -2.05. The van der Waals surface area contributed by atoms with Gasteiger partial charge in [0.25, 0.3) is 0 Å². The van der Waals surface area contributed by atoms with Crippen molar-refractivity contribution < 1.29 is 0 Å². The minimum absolute atomic E-state index is 0.701. The molecule has 0 aliphatic heterocycles. The first-order chi connectivity index (χ1) is 9.47. The van der Waals surface area contributed by atoms with Crippen LogP contribution in [0, 0.1) is 35.5 Å². The maximum Gasteiger partial charge on any atom is -0.00235 e. The molecule has 3 atom stereocenters. The van der Waals surface area contributed by atoms with Crippen molar-refractivity contribution in [3.8, 4) is 11.8 Å². The van der Waals surface area contributed by atoms with Gasteiger partial charge in [-0.1, -0.05) is 52.2 Å². The molecule has 0 aromatic heterocycles. The molecule has 1 aliphatic rings. The molecule has 3 unspecified atom stereocenters. The molecule has 0 saturated heterocycles. The fraction of sp³-hybridized carbons (Fsp3) is 0.700. The van der Waals surface area contributed by atoms with Gasteiger partial charge < -0.3 is 0 Å². The molecule has 0 heterocycles. The van der Waals surface area contributed by atoms with Crippen LogP contribution >= 0.6 is 0 Å². The Morgan fingerprint density at radius 3 is 2.40 bits per heavy atom. The Morgan fingerprint density at radius 2 is 1.95 bits per heavy atom. The maximum atomic E-state index is 3.11. The van der Waals surface area contributed by atoms with Gasteiger partial charge in [-0.15, -0.1) is 5.92 Å². The maximum absolute atomic E-state index is 3.11. The van der Waals surface area contributed by atoms with Crippen LogP contribution in [0.2, 0.25) is 0 Å². The highest BCUT2D eigenvalue weighted by atomic mass is 14.4. The number of hydrogen-bond donors (Lipinski definition) is 0. The Balaban J connectivity index is 2.85. The van der Waals surface area contributed by atoms with Crippen LogP contribution in [0.25, 0.3) is 0 Å². The highest BCUT2D eigenvalue weighted by Crippen LogP contribution is 2.44. The molecule has 0 nitrogen and oxygen atoms in total. The fourth-order valence-corrected chi connectivity index (χ4v) is 2.90. The van der Waals surface area contributed by atoms with Gasteiger partial charge in [0, 0.05) is 0 Å². The van der Waals surface area contributed by atoms with Crippen molar-refractivity contribution in [3.05, 3.63) is 23.3 Å². The first-order valence-corrected chi connectivity index (χ1v) is 8.29. The van der Waals surface area contributed by atoms with Crippen molar-refractivity contribution in [2.75, 3.05) is 0 Å². The molecule has 1 fully saturated rings. The third-order valence-electron chi connectivity index (χ3n) is 4.41. The van der Waals surface area contributed by atoms with Crippen molar-refractivity contribution in [1.82, 2.24) is 0 Å². The predicted octanol–water partition coefficient (Wildman–Crippen LogP) is 6.00. The molecule has 0 aromatic carbocycles. The van der Waals surface area contributed by atoms with E-state index in [1.807, 2.05) is 6.92 Å². The molecule has 1 saturated carbocycles.